The van der Waals surface area contributed by atoms with Gasteiger partial charge in [0.1, 0.15) is 47.7 Å². The first-order valence-corrected chi connectivity index (χ1v) is 29.1. The molecule has 2 aliphatic rings. The molecule has 26 nitrogen and oxygen atoms in total. The minimum absolute atomic E-state index is 0. The number of aromatic nitrogens is 8. The Balaban J connectivity index is 0.00000444. The molecule has 2 aliphatic heterocycles. The molecular formula is C26H32Cl2F6N10Na4O16P4S4+4. The molecular weight excluding hydrogens is 1240 g/mol. The number of fused-ring (bicyclic) bond motifs is 2. The molecule has 0 spiro atoms. The number of nitrogen functional groups attached to an aromatic ring is 2. The van der Waals surface area contributed by atoms with E-state index in [1.54, 1.807) is 0 Å². The molecule has 0 aliphatic carbocycles. The fraction of sp³-hybridized carbons (Fsp3) is 0.615. The summed E-state index contributed by atoms with van der Waals surface area (Å²) in [5.74, 6) is -2.49. The van der Waals surface area contributed by atoms with Crippen molar-refractivity contribution in [3.63, 3.8) is 0 Å². The summed E-state index contributed by atoms with van der Waals surface area (Å²) in [6, 6.07) is 0. The third-order valence-corrected chi connectivity index (χ3v) is 22.5. The summed E-state index contributed by atoms with van der Waals surface area (Å²) in [4.78, 5) is 55.5. The SMILES string of the molecule is Nc1nc(SCCC(F)(F)F)nc2c1ncn2[C@@H]1O[C@H](COP(=O)(S)OP(=O)(O)C(Cl)(Cl)P(=O)(O)OP(O)(=S)OC[C@H]2O[C@@H](n3cnc4c(N)nc(SCC(F)(F)F)nc43)[C@H](O)[C@@H]2O)[C@@H](O)[C@H]1O.[Na+].[Na+].[Na+].[Na+]. The number of nitrogens with zero attached hydrogens (tertiary/aromatic N) is 8. The van der Waals surface area contributed by atoms with Crippen molar-refractivity contribution in [2.45, 2.75) is 82.0 Å². The summed E-state index contributed by atoms with van der Waals surface area (Å²) in [5, 5.41) is 42.3. The smallest absolute Gasteiger partial charge is 0.387 e. The van der Waals surface area contributed by atoms with Gasteiger partial charge in [0.05, 0.1) is 38.0 Å². The number of thiol groups is 1. The summed E-state index contributed by atoms with van der Waals surface area (Å²) in [6.45, 7) is -12.7. The largest absolute Gasteiger partial charge is 1.00 e. The Bertz CT molecular complexity index is 2750. The molecule has 6 rings (SSSR count). The van der Waals surface area contributed by atoms with E-state index in [0.717, 1.165) is 21.8 Å². The van der Waals surface area contributed by atoms with Crippen LogP contribution >= 0.6 is 87.7 Å². The van der Waals surface area contributed by atoms with Crippen LogP contribution in [0.25, 0.3) is 22.3 Å². The molecule has 0 aromatic carbocycles. The number of hydrogen-bond donors (Lipinski definition) is 10. The van der Waals surface area contributed by atoms with E-state index in [1.807, 2.05) is 0 Å². The van der Waals surface area contributed by atoms with Crippen LogP contribution in [0.3, 0.4) is 0 Å². The molecule has 2 saturated heterocycles. The molecule has 0 saturated carbocycles. The summed E-state index contributed by atoms with van der Waals surface area (Å²) in [5.41, 5.74) is 11.1. The van der Waals surface area contributed by atoms with Crippen LogP contribution in [0.15, 0.2) is 23.0 Å². The predicted molar refractivity (Wildman–Crippen MR) is 231 cm³/mol. The number of halogens is 8. The van der Waals surface area contributed by atoms with Crippen LogP contribution in [-0.2, 0) is 52.6 Å². The second-order valence-electron chi connectivity index (χ2n) is 13.9. The van der Waals surface area contributed by atoms with Crippen molar-refractivity contribution in [2.24, 2.45) is 0 Å². The Kier molecular flexibility index (Phi) is 26.8. The van der Waals surface area contributed by atoms with Crippen LogP contribution < -0.4 is 130 Å². The summed E-state index contributed by atoms with van der Waals surface area (Å²) < 4.78 is 144. The number of ether oxygens (including phenoxy) is 2. The molecule has 4 aromatic rings. The molecule has 0 radical (unpaired) electrons. The van der Waals surface area contributed by atoms with Crippen molar-refractivity contribution in [1.29, 1.82) is 0 Å². The maximum atomic E-state index is 13.3. The van der Waals surface area contributed by atoms with Gasteiger partial charge in [0, 0.05) is 5.75 Å². The topological polar surface area (TPSA) is 387 Å². The standard InChI is InChI=1S/C26H32Cl2F6N10O16P4S4.4Na/c27-26(28,62(51,52)60-64(54,66)56-4-9-13(46)15(48)21(58-9)44-7-38-11-17(36)40-23(42-19(11)44)68-5-25(32,33)34)61(49,50)59-63(53,65)55-3-8-12(45)14(47)20(57-8)43-6-37-10-16(35)39-22(41-18(10)43)67-2-1-24(29,30)31;;;;/h6-9,12-15,20-21,45-48H,1-5H2,(H,49,50)(H,51,52)(H,53,65)(H,54,66)(H2,35,39,41)(H2,36,40,42);;;;/q;4*+1/t8-,9-,12-,13-,14-,15-,20-,21-,63?,64?;;;;/m1..../s1. The zero-order valence-electron chi connectivity index (χ0n) is 36.8. The van der Waals surface area contributed by atoms with Gasteiger partial charge < -0.3 is 60.6 Å². The van der Waals surface area contributed by atoms with Gasteiger partial charge in [-0.15, -0.1) is 0 Å². The third kappa shape index (κ3) is 17.1. The molecule has 4 aromatic heterocycles. The molecule has 11 N–H and O–H groups in total. The Morgan fingerprint density at radius 3 is 1.56 bits per heavy atom. The van der Waals surface area contributed by atoms with Crippen molar-refractivity contribution in [3.05, 3.63) is 12.7 Å². The van der Waals surface area contributed by atoms with Gasteiger partial charge in [0.2, 0.25) is 0 Å². The zero-order chi connectivity index (χ0) is 50.7. The van der Waals surface area contributed by atoms with Gasteiger partial charge in [-0.25, -0.2) is 43.1 Å². The van der Waals surface area contributed by atoms with Gasteiger partial charge in [0.15, 0.2) is 45.7 Å². The molecule has 12 atom stereocenters. The molecule has 6 heterocycles. The van der Waals surface area contributed by atoms with Crippen LogP contribution in [0, 0.1) is 0 Å². The molecule has 4 unspecified atom stereocenters. The Hall–Kier alpha value is 2.73. The first-order valence-electron chi connectivity index (χ1n) is 18.0. The van der Waals surface area contributed by atoms with Crippen molar-refractivity contribution < 1.29 is 221 Å². The summed E-state index contributed by atoms with van der Waals surface area (Å²) in [7, 11) is -12.5. The van der Waals surface area contributed by atoms with E-state index in [9.17, 15) is 75.1 Å². The number of aliphatic hydroxyl groups is 4. The molecule has 46 heteroatoms. The molecule has 2 fully saturated rings. The molecule has 72 heavy (non-hydrogen) atoms. The Labute approximate surface area is 517 Å². The van der Waals surface area contributed by atoms with Crippen LogP contribution in [-0.4, -0.2) is 152 Å². The Morgan fingerprint density at radius 2 is 1.12 bits per heavy atom. The number of aliphatic hydroxyl groups excluding tert-OH is 4. The van der Waals surface area contributed by atoms with E-state index in [-0.39, 0.29) is 169 Å². The maximum Gasteiger partial charge on any atom is 1.00 e. The second-order valence-corrected chi connectivity index (χ2v) is 28.6. The van der Waals surface area contributed by atoms with Crippen molar-refractivity contribution in [3.8, 4) is 0 Å². The quantitative estimate of drug-likeness (QED) is 0.00793. The summed E-state index contributed by atoms with van der Waals surface area (Å²) >= 11 is 20.5. The average Bonchev–Trinajstić information content (AvgIpc) is 3.95. The van der Waals surface area contributed by atoms with Gasteiger partial charge >= 0.3 is 163 Å². The van der Waals surface area contributed by atoms with Crippen molar-refractivity contribution in [1.82, 2.24) is 39.0 Å². The van der Waals surface area contributed by atoms with E-state index < -0.39 is 130 Å². The molecule has 0 bridgehead atoms. The van der Waals surface area contributed by atoms with Gasteiger partial charge in [-0.05, 0) is 11.8 Å². The van der Waals surface area contributed by atoms with Crippen LogP contribution in [0.2, 0.25) is 0 Å². The average molecular weight is 1270 g/mol. The first kappa shape index (κ1) is 70.8. The number of alkyl halides is 8. The minimum atomic E-state index is -6.26. The van der Waals surface area contributed by atoms with Gasteiger partial charge in [0.25, 0.3) is 0 Å². The number of hydrogen-bond acceptors (Lipinski definition) is 24. The van der Waals surface area contributed by atoms with Crippen LogP contribution in [0.5, 0.6) is 0 Å². The van der Waals surface area contributed by atoms with E-state index in [0.29, 0.717) is 11.8 Å². The third-order valence-electron chi connectivity index (χ3n) is 8.97. The zero-order valence-corrected chi connectivity index (χ0v) is 53.3. The second kappa shape index (κ2) is 27.2. The van der Waals surface area contributed by atoms with Crippen LogP contribution in [0.1, 0.15) is 18.9 Å². The number of imidazole rings is 2. The maximum absolute atomic E-state index is 13.3. The number of nitrogens with two attached hydrogens (primary N) is 2. The van der Waals surface area contributed by atoms with Gasteiger partial charge in [-0.2, -0.15) is 26.3 Å². The predicted octanol–water partition coefficient (Wildman–Crippen LogP) is -8.44. The first-order chi connectivity index (χ1) is 31.1. The molecule has 382 valence electrons. The fourth-order valence-electron chi connectivity index (χ4n) is 5.85. The monoisotopic (exact) mass is 1270 g/mol. The van der Waals surface area contributed by atoms with Crippen molar-refractivity contribution in [2.75, 3.05) is 36.2 Å². The summed E-state index contributed by atoms with van der Waals surface area (Å²) in [6.07, 6.45) is -22.4. The molecule has 0 amide bonds. The van der Waals surface area contributed by atoms with Gasteiger partial charge in [-0.1, -0.05) is 59.0 Å². The van der Waals surface area contributed by atoms with E-state index in [2.05, 4.69) is 50.8 Å². The van der Waals surface area contributed by atoms with Crippen LogP contribution in [0.4, 0.5) is 38.0 Å². The normalized spacial score (nSPS) is 26.1. The number of anilines is 2. The van der Waals surface area contributed by atoms with Gasteiger partial charge in [-0.3, -0.25) is 22.8 Å². The van der Waals surface area contributed by atoms with Crippen molar-refractivity contribution >= 4 is 133 Å². The van der Waals surface area contributed by atoms with E-state index >= 15 is 0 Å². The van der Waals surface area contributed by atoms with E-state index in [1.165, 1.54) is 0 Å². The Morgan fingerprint density at radius 1 is 0.708 bits per heavy atom. The van der Waals surface area contributed by atoms with E-state index in [4.69, 9.17) is 65.0 Å². The number of rotatable bonds is 19. The number of thioether (sulfide) groups is 2. The fourth-order valence-corrected chi connectivity index (χ4v) is 16.5. The minimum Gasteiger partial charge on any atom is -0.387 e.